The number of hydrogen-bond acceptors (Lipinski definition) is 3. The smallest absolute Gasteiger partial charge is 0.142 e. The summed E-state index contributed by atoms with van der Waals surface area (Å²) in [5.74, 6) is 0.401. The molecule has 0 amide bonds. The zero-order valence-corrected chi connectivity index (χ0v) is 10.2. The summed E-state index contributed by atoms with van der Waals surface area (Å²) in [6.07, 6.45) is 1.63. The van der Waals surface area contributed by atoms with Gasteiger partial charge in [0.25, 0.3) is 0 Å². The zero-order valence-electron chi connectivity index (χ0n) is 10.2. The average molecular weight is 246 g/mol. The van der Waals surface area contributed by atoms with Gasteiger partial charge in [0, 0.05) is 17.7 Å². The van der Waals surface area contributed by atoms with Gasteiger partial charge in [-0.15, -0.1) is 0 Å². The third-order valence-corrected chi connectivity index (χ3v) is 2.59. The molecule has 0 aliphatic carbocycles. The maximum atomic E-state index is 13.2. The minimum atomic E-state index is -0.280. The van der Waals surface area contributed by atoms with Gasteiger partial charge in [-0.1, -0.05) is 12.1 Å². The molecule has 94 valence electrons. The van der Waals surface area contributed by atoms with Crippen LogP contribution >= 0.6 is 0 Å². The van der Waals surface area contributed by atoms with Crippen LogP contribution in [0.1, 0.15) is 12.5 Å². The third kappa shape index (κ3) is 2.65. The van der Waals surface area contributed by atoms with Crippen LogP contribution in [-0.2, 0) is 6.54 Å². The van der Waals surface area contributed by atoms with Gasteiger partial charge in [-0.05, 0) is 25.1 Å². The summed E-state index contributed by atoms with van der Waals surface area (Å²) in [7, 11) is 0. The van der Waals surface area contributed by atoms with Gasteiger partial charge in [0.1, 0.15) is 11.6 Å². The average Bonchev–Trinajstić information content (AvgIpc) is 2.39. The fraction of sp³-hybridized carbons (Fsp3) is 0.214. The lowest BCUT2D eigenvalue weighted by Gasteiger charge is -2.10. The van der Waals surface area contributed by atoms with E-state index in [0.29, 0.717) is 24.6 Å². The third-order valence-electron chi connectivity index (χ3n) is 2.59. The Balaban J connectivity index is 2.41. The van der Waals surface area contributed by atoms with Crippen molar-refractivity contribution < 1.29 is 9.13 Å². The highest BCUT2D eigenvalue weighted by molar-refractivity contribution is 5.61. The summed E-state index contributed by atoms with van der Waals surface area (Å²) in [5.41, 5.74) is 7.97. The van der Waals surface area contributed by atoms with E-state index < -0.39 is 0 Å². The quantitative estimate of drug-likeness (QED) is 0.902. The van der Waals surface area contributed by atoms with Gasteiger partial charge in [-0.2, -0.15) is 0 Å². The van der Waals surface area contributed by atoms with E-state index in [1.165, 1.54) is 12.1 Å². The number of benzene rings is 1. The molecule has 2 aromatic rings. The zero-order chi connectivity index (χ0) is 13.0. The number of pyridine rings is 1. The Morgan fingerprint density at radius 2 is 2.17 bits per heavy atom. The summed E-state index contributed by atoms with van der Waals surface area (Å²) in [4.78, 5) is 4.27. The van der Waals surface area contributed by atoms with Crippen molar-refractivity contribution in [2.24, 2.45) is 5.73 Å². The Morgan fingerprint density at radius 3 is 2.83 bits per heavy atom. The Bertz CT molecular complexity index is 543. The molecule has 1 aromatic heterocycles. The van der Waals surface area contributed by atoms with Crippen molar-refractivity contribution in [1.82, 2.24) is 4.98 Å². The molecule has 4 heteroatoms. The highest BCUT2D eigenvalue weighted by Crippen LogP contribution is 2.24. The van der Waals surface area contributed by atoms with Crippen molar-refractivity contribution in [2.75, 3.05) is 6.61 Å². The number of nitrogens with two attached hydrogens (primary N) is 1. The Labute approximate surface area is 105 Å². The molecule has 0 aliphatic rings. The fourth-order valence-electron chi connectivity index (χ4n) is 1.74. The number of nitrogens with zero attached hydrogens (tertiary/aromatic N) is 1. The number of rotatable bonds is 4. The standard InChI is InChI=1S/C14H15FN2O/c1-2-18-14-9-17-13(7-11(14)8-16)10-4-3-5-12(15)6-10/h3-7,9H,2,8,16H2,1H3. The van der Waals surface area contributed by atoms with Crippen LogP contribution in [0, 0.1) is 5.82 Å². The summed E-state index contributed by atoms with van der Waals surface area (Å²) in [6, 6.07) is 8.15. The van der Waals surface area contributed by atoms with Crippen LogP contribution in [-0.4, -0.2) is 11.6 Å². The van der Waals surface area contributed by atoms with Crippen molar-refractivity contribution in [2.45, 2.75) is 13.5 Å². The lowest BCUT2D eigenvalue weighted by atomic mass is 10.1. The maximum absolute atomic E-state index is 13.2. The Morgan fingerprint density at radius 1 is 1.33 bits per heavy atom. The molecule has 0 atom stereocenters. The van der Waals surface area contributed by atoms with Crippen LogP contribution < -0.4 is 10.5 Å². The van der Waals surface area contributed by atoms with E-state index in [4.69, 9.17) is 10.5 Å². The van der Waals surface area contributed by atoms with E-state index in [1.807, 2.05) is 19.1 Å². The van der Waals surface area contributed by atoms with Gasteiger partial charge >= 0.3 is 0 Å². The first kappa shape index (κ1) is 12.5. The Kier molecular flexibility index (Phi) is 3.89. The molecule has 3 nitrogen and oxygen atoms in total. The second-order valence-corrected chi connectivity index (χ2v) is 3.82. The highest BCUT2D eigenvalue weighted by atomic mass is 19.1. The van der Waals surface area contributed by atoms with E-state index >= 15 is 0 Å². The molecule has 2 rings (SSSR count). The molecule has 0 saturated heterocycles. The lowest BCUT2D eigenvalue weighted by Crippen LogP contribution is -2.03. The maximum Gasteiger partial charge on any atom is 0.142 e. The topological polar surface area (TPSA) is 48.1 Å². The van der Waals surface area contributed by atoms with Gasteiger partial charge in [-0.25, -0.2) is 4.39 Å². The van der Waals surface area contributed by atoms with Crippen LogP contribution in [0.4, 0.5) is 4.39 Å². The second-order valence-electron chi connectivity index (χ2n) is 3.82. The molecule has 0 saturated carbocycles. The van der Waals surface area contributed by atoms with Crippen molar-refractivity contribution in [3.8, 4) is 17.0 Å². The van der Waals surface area contributed by atoms with Crippen LogP contribution in [0.2, 0.25) is 0 Å². The predicted octanol–water partition coefficient (Wildman–Crippen LogP) is 2.75. The summed E-state index contributed by atoms with van der Waals surface area (Å²) >= 11 is 0. The minimum Gasteiger partial charge on any atom is -0.492 e. The monoisotopic (exact) mass is 246 g/mol. The van der Waals surface area contributed by atoms with E-state index in [-0.39, 0.29) is 5.82 Å². The van der Waals surface area contributed by atoms with Crippen LogP contribution in [0.5, 0.6) is 5.75 Å². The molecule has 0 aliphatic heterocycles. The molecule has 2 N–H and O–H groups in total. The van der Waals surface area contributed by atoms with Crippen LogP contribution in [0.15, 0.2) is 36.5 Å². The van der Waals surface area contributed by atoms with Gasteiger partial charge in [0.15, 0.2) is 0 Å². The fourth-order valence-corrected chi connectivity index (χ4v) is 1.74. The normalized spacial score (nSPS) is 10.4. The van der Waals surface area contributed by atoms with E-state index in [9.17, 15) is 4.39 Å². The molecule has 18 heavy (non-hydrogen) atoms. The molecule has 0 fully saturated rings. The molecular weight excluding hydrogens is 231 g/mol. The summed E-state index contributed by atoms with van der Waals surface area (Å²) < 4.78 is 18.6. The van der Waals surface area contributed by atoms with Gasteiger partial charge < -0.3 is 10.5 Å². The molecule has 1 aromatic carbocycles. The van der Waals surface area contributed by atoms with Crippen molar-refractivity contribution in [1.29, 1.82) is 0 Å². The van der Waals surface area contributed by atoms with Crippen LogP contribution in [0.3, 0.4) is 0 Å². The Hall–Kier alpha value is -1.94. The van der Waals surface area contributed by atoms with Gasteiger partial charge in [-0.3, -0.25) is 4.98 Å². The first-order valence-electron chi connectivity index (χ1n) is 5.82. The van der Waals surface area contributed by atoms with Crippen LogP contribution in [0.25, 0.3) is 11.3 Å². The van der Waals surface area contributed by atoms with Crippen molar-refractivity contribution >= 4 is 0 Å². The largest absolute Gasteiger partial charge is 0.492 e. The van der Waals surface area contributed by atoms with Crippen molar-refractivity contribution in [3.05, 3.63) is 47.9 Å². The van der Waals surface area contributed by atoms with Gasteiger partial charge in [0.2, 0.25) is 0 Å². The highest BCUT2D eigenvalue weighted by Gasteiger charge is 2.07. The molecular formula is C14H15FN2O. The molecule has 0 spiro atoms. The number of hydrogen-bond donors (Lipinski definition) is 1. The van der Waals surface area contributed by atoms with E-state index in [1.54, 1.807) is 12.3 Å². The van der Waals surface area contributed by atoms with E-state index in [0.717, 1.165) is 11.1 Å². The molecule has 1 heterocycles. The summed E-state index contributed by atoms with van der Waals surface area (Å²) in [5, 5.41) is 0. The first-order valence-corrected chi connectivity index (χ1v) is 5.82. The summed E-state index contributed by atoms with van der Waals surface area (Å²) in [6.45, 7) is 2.83. The lowest BCUT2D eigenvalue weighted by molar-refractivity contribution is 0.335. The predicted molar refractivity (Wildman–Crippen MR) is 68.7 cm³/mol. The number of halogens is 1. The SMILES string of the molecule is CCOc1cnc(-c2cccc(F)c2)cc1CN. The van der Waals surface area contributed by atoms with E-state index in [2.05, 4.69) is 4.98 Å². The minimum absolute atomic E-state index is 0.280. The number of ether oxygens (including phenoxy) is 1. The molecule has 0 unspecified atom stereocenters. The number of aromatic nitrogens is 1. The second kappa shape index (κ2) is 5.60. The molecule has 0 bridgehead atoms. The first-order chi connectivity index (χ1) is 8.74. The van der Waals surface area contributed by atoms with Gasteiger partial charge in [0.05, 0.1) is 18.5 Å². The van der Waals surface area contributed by atoms with Crippen molar-refractivity contribution in [3.63, 3.8) is 0 Å². The molecule has 0 radical (unpaired) electrons.